The summed E-state index contributed by atoms with van der Waals surface area (Å²) in [7, 11) is 0. The van der Waals surface area contributed by atoms with Gasteiger partial charge in [-0.2, -0.15) is 0 Å². The smallest absolute Gasteiger partial charge is 0.227 e. The quantitative estimate of drug-likeness (QED) is 0.197. The number of oxazole rings is 1. The fourth-order valence-corrected chi connectivity index (χ4v) is 6.44. The minimum absolute atomic E-state index is 0.513. The Balaban J connectivity index is 1.23. The predicted molar refractivity (Wildman–Crippen MR) is 184 cm³/mol. The normalized spacial score (nSPS) is 11.8. The summed E-state index contributed by atoms with van der Waals surface area (Å²) >= 11 is 0. The maximum Gasteiger partial charge on any atom is 0.227 e. The second-order valence-electron chi connectivity index (χ2n) is 11.4. The number of rotatable bonds is 4. The lowest BCUT2D eigenvalue weighted by atomic mass is 10.0. The van der Waals surface area contributed by atoms with Gasteiger partial charge in [0, 0.05) is 43.8 Å². The largest absolute Gasteiger partial charge is 0.456 e. The first-order chi connectivity index (χ1) is 23.3. The van der Waals surface area contributed by atoms with Crippen LogP contribution in [0.4, 0.5) is 0 Å². The topological polar surface area (TPSA) is 91.0 Å². The first-order valence-electron chi connectivity index (χ1n) is 15.3. The van der Waals surface area contributed by atoms with E-state index in [0.29, 0.717) is 28.9 Å². The number of benzene rings is 6. The van der Waals surface area contributed by atoms with Gasteiger partial charge >= 0.3 is 0 Å². The number of aromatic nitrogens is 4. The Morgan fingerprint density at radius 3 is 1.55 bits per heavy atom. The van der Waals surface area contributed by atoms with E-state index in [1.54, 1.807) is 0 Å². The Kier molecular flexibility index (Phi) is 5.44. The molecule has 7 nitrogen and oxygen atoms in total. The molecular formula is C40H22N4O3. The summed E-state index contributed by atoms with van der Waals surface area (Å²) in [6.45, 7) is 0. The fourth-order valence-electron chi connectivity index (χ4n) is 6.44. The van der Waals surface area contributed by atoms with E-state index in [4.69, 9.17) is 33.2 Å². The van der Waals surface area contributed by atoms with Gasteiger partial charge in [-0.3, -0.25) is 0 Å². The molecule has 7 heteroatoms. The average Bonchev–Trinajstić information content (AvgIpc) is 3.84. The molecule has 0 atom stereocenters. The third-order valence-electron chi connectivity index (χ3n) is 8.59. The van der Waals surface area contributed by atoms with Crippen LogP contribution in [0.3, 0.4) is 0 Å². The summed E-state index contributed by atoms with van der Waals surface area (Å²) in [4.78, 5) is 20.0. The number of hydrogen-bond donors (Lipinski definition) is 0. The van der Waals surface area contributed by atoms with Crippen LogP contribution in [0.15, 0.2) is 147 Å². The molecule has 10 rings (SSSR count). The Hall–Kier alpha value is -6.60. The molecule has 0 fully saturated rings. The van der Waals surface area contributed by atoms with Crippen molar-refractivity contribution in [2.75, 3.05) is 0 Å². The lowest BCUT2D eigenvalue weighted by Gasteiger charge is -2.10. The van der Waals surface area contributed by atoms with Gasteiger partial charge in [0.1, 0.15) is 27.8 Å². The van der Waals surface area contributed by atoms with E-state index in [9.17, 15) is 0 Å². The maximum atomic E-state index is 6.23. The molecule has 220 valence electrons. The van der Waals surface area contributed by atoms with Crippen molar-refractivity contribution >= 4 is 55.0 Å². The highest BCUT2D eigenvalue weighted by atomic mass is 16.3. The standard InChI is InChI=1S/C40H22N4O3/c1-2-10-23(11-3-1)40-41-29-21-20-24(22-34(29)47-40)37-42-38(27-14-8-18-32-35(27)25-12-4-6-16-30(25)45-32)44-39(43-37)28-15-9-19-33-36(28)26-13-5-7-17-31(26)46-33/h1-22H. The summed E-state index contributed by atoms with van der Waals surface area (Å²) < 4.78 is 18.7. The maximum absolute atomic E-state index is 6.23. The second-order valence-corrected chi connectivity index (χ2v) is 11.4. The van der Waals surface area contributed by atoms with Crippen LogP contribution in [-0.4, -0.2) is 19.9 Å². The van der Waals surface area contributed by atoms with Crippen LogP contribution in [-0.2, 0) is 0 Å². The summed E-state index contributed by atoms with van der Waals surface area (Å²) in [5, 5.41) is 3.91. The third kappa shape index (κ3) is 4.07. The summed E-state index contributed by atoms with van der Waals surface area (Å²) in [6.07, 6.45) is 0. The van der Waals surface area contributed by atoms with E-state index in [1.165, 1.54) is 0 Å². The van der Waals surface area contributed by atoms with Gasteiger partial charge in [-0.15, -0.1) is 0 Å². The molecule has 0 amide bonds. The van der Waals surface area contributed by atoms with Gasteiger partial charge in [-0.25, -0.2) is 19.9 Å². The van der Waals surface area contributed by atoms with Gasteiger partial charge in [-0.1, -0.05) is 78.9 Å². The minimum atomic E-state index is 0.513. The zero-order valence-electron chi connectivity index (χ0n) is 24.7. The van der Waals surface area contributed by atoms with Gasteiger partial charge in [0.05, 0.1) is 0 Å². The van der Waals surface area contributed by atoms with Crippen molar-refractivity contribution in [3.63, 3.8) is 0 Å². The Bertz CT molecular complexity index is 2680. The van der Waals surface area contributed by atoms with E-state index >= 15 is 0 Å². The van der Waals surface area contributed by atoms with Crippen molar-refractivity contribution in [3.05, 3.63) is 133 Å². The van der Waals surface area contributed by atoms with E-state index in [1.807, 2.05) is 121 Å². The van der Waals surface area contributed by atoms with Crippen LogP contribution in [0.25, 0.3) is 101 Å². The van der Waals surface area contributed by atoms with Crippen LogP contribution in [0.5, 0.6) is 0 Å². The number of hydrogen-bond acceptors (Lipinski definition) is 7. The molecule has 0 aliphatic carbocycles. The predicted octanol–water partition coefficient (Wildman–Crippen LogP) is 10.5. The van der Waals surface area contributed by atoms with Crippen molar-refractivity contribution < 1.29 is 13.3 Å². The van der Waals surface area contributed by atoms with Gasteiger partial charge < -0.3 is 13.3 Å². The van der Waals surface area contributed by atoms with E-state index in [0.717, 1.165) is 71.6 Å². The lowest BCUT2D eigenvalue weighted by molar-refractivity contribution is 0.620. The molecule has 4 aromatic heterocycles. The minimum Gasteiger partial charge on any atom is -0.456 e. The van der Waals surface area contributed by atoms with E-state index in [2.05, 4.69) is 12.1 Å². The molecule has 0 unspecified atom stereocenters. The van der Waals surface area contributed by atoms with Gasteiger partial charge in [-0.05, 0) is 54.6 Å². The SMILES string of the molecule is c1ccc(-c2nc3ccc(-c4nc(-c5cccc6oc7ccccc7c56)nc(-c5cccc6oc7ccccc7c56)n4)cc3o2)cc1. The van der Waals surface area contributed by atoms with Crippen LogP contribution < -0.4 is 0 Å². The van der Waals surface area contributed by atoms with Crippen molar-refractivity contribution in [2.45, 2.75) is 0 Å². The molecule has 4 heterocycles. The van der Waals surface area contributed by atoms with Gasteiger partial charge in [0.25, 0.3) is 0 Å². The van der Waals surface area contributed by atoms with Crippen molar-refractivity contribution in [2.24, 2.45) is 0 Å². The van der Waals surface area contributed by atoms with Crippen molar-refractivity contribution in [3.8, 4) is 45.6 Å². The molecule has 6 aromatic carbocycles. The molecule has 10 aromatic rings. The average molecular weight is 607 g/mol. The molecule has 0 N–H and O–H groups in total. The second kappa shape index (κ2) is 9.95. The number of nitrogens with zero attached hydrogens (tertiary/aromatic N) is 4. The molecule has 0 aliphatic rings. The molecule has 0 spiro atoms. The molecule has 0 saturated heterocycles. The summed E-state index contributed by atoms with van der Waals surface area (Å²) in [5.41, 5.74) is 7.97. The molecular weight excluding hydrogens is 584 g/mol. The molecule has 0 saturated carbocycles. The third-order valence-corrected chi connectivity index (χ3v) is 8.59. The van der Waals surface area contributed by atoms with Crippen LogP contribution in [0, 0.1) is 0 Å². The highest BCUT2D eigenvalue weighted by molar-refractivity contribution is 6.13. The van der Waals surface area contributed by atoms with Crippen LogP contribution >= 0.6 is 0 Å². The number of furan rings is 2. The fraction of sp³-hybridized carbons (Fsp3) is 0. The number of para-hydroxylation sites is 2. The number of fused-ring (bicyclic) bond motifs is 7. The summed E-state index contributed by atoms with van der Waals surface area (Å²) in [5.74, 6) is 2.15. The first kappa shape index (κ1) is 25.7. The Morgan fingerprint density at radius 2 is 0.915 bits per heavy atom. The van der Waals surface area contributed by atoms with Crippen LogP contribution in [0.1, 0.15) is 0 Å². The van der Waals surface area contributed by atoms with Gasteiger partial charge in [0.2, 0.25) is 5.89 Å². The monoisotopic (exact) mass is 606 g/mol. The Labute approximate surface area is 266 Å². The van der Waals surface area contributed by atoms with Crippen LogP contribution in [0.2, 0.25) is 0 Å². The van der Waals surface area contributed by atoms with E-state index in [-0.39, 0.29) is 0 Å². The summed E-state index contributed by atoms with van der Waals surface area (Å²) in [6, 6.07) is 43.8. The zero-order valence-corrected chi connectivity index (χ0v) is 24.7. The highest BCUT2D eigenvalue weighted by Crippen LogP contribution is 2.39. The molecule has 0 radical (unpaired) electrons. The molecule has 0 aliphatic heterocycles. The van der Waals surface area contributed by atoms with Gasteiger partial charge in [0.15, 0.2) is 23.1 Å². The van der Waals surface area contributed by atoms with Crippen molar-refractivity contribution in [1.29, 1.82) is 0 Å². The van der Waals surface area contributed by atoms with E-state index < -0.39 is 0 Å². The highest BCUT2D eigenvalue weighted by Gasteiger charge is 2.21. The van der Waals surface area contributed by atoms with Crippen molar-refractivity contribution in [1.82, 2.24) is 19.9 Å². The Morgan fingerprint density at radius 1 is 0.362 bits per heavy atom. The first-order valence-corrected chi connectivity index (χ1v) is 15.3. The molecule has 47 heavy (non-hydrogen) atoms. The zero-order chi connectivity index (χ0) is 30.9. The molecule has 0 bridgehead atoms. The lowest BCUT2D eigenvalue weighted by Crippen LogP contribution is -2.00.